The molecule has 2 saturated heterocycles. The third-order valence-electron chi connectivity index (χ3n) is 7.32. The molecule has 2 heterocycles. The molecule has 0 aliphatic carbocycles. The first-order valence-electron chi connectivity index (χ1n) is 13.1. The molecular weight excluding hydrogens is 470 g/mol. The van der Waals surface area contributed by atoms with E-state index in [9.17, 15) is 14.4 Å². The second-order valence-corrected chi connectivity index (χ2v) is 9.38. The number of benzene rings is 2. The molecule has 4 amide bonds. The van der Waals surface area contributed by atoms with Crippen LogP contribution >= 0.6 is 0 Å². The Morgan fingerprint density at radius 3 is 2.22 bits per heavy atom. The van der Waals surface area contributed by atoms with Gasteiger partial charge in [0.05, 0.1) is 13.3 Å². The number of rotatable bonds is 8. The van der Waals surface area contributed by atoms with Crippen molar-refractivity contribution >= 4 is 29.2 Å². The van der Waals surface area contributed by atoms with Crippen LogP contribution in [0.15, 0.2) is 54.6 Å². The molecule has 1 spiro atoms. The summed E-state index contributed by atoms with van der Waals surface area (Å²) in [6.07, 6.45) is 0.987. The van der Waals surface area contributed by atoms with Crippen LogP contribution < -0.4 is 15.0 Å². The summed E-state index contributed by atoms with van der Waals surface area (Å²) in [6, 6.07) is 16.9. The van der Waals surface area contributed by atoms with Gasteiger partial charge >= 0.3 is 6.03 Å². The summed E-state index contributed by atoms with van der Waals surface area (Å²) in [5.41, 5.74) is 0.861. The highest BCUT2D eigenvalue weighted by molar-refractivity contribution is 5.97. The minimum absolute atomic E-state index is 0.0385. The molecule has 2 aromatic rings. The van der Waals surface area contributed by atoms with Gasteiger partial charge in [0, 0.05) is 37.6 Å². The first-order valence-corrected chi connectivity index (χ1v) is 13.1. The number of para-hydroxylation sites is 1. The molecule has 2 aromatic carbocycles. The molecule has 37 heavy (non-hydrogen) atoms. The number of nitrogens with one attached hydrogen (secondary N) is 1. The summed E-state index contributed by atoms with van der Waals surface area (Å²) in [4.78, 5) is 47.0. The number of nitrogens with zero attached hydrogens (tertiary/aromatic N) is 4. The fourth-order valence-electron chi connectivity index (χ4n) is 5.25. The van der Waals surface area contributed by atoms with Crippen LogP contribution in [-0.2, 0) is 9.59 Å². The zero-order chi connectivity index (χ0) is 26.4. The number of amides is 4. The number of likely N-dealkylation sites (N-methyl/N-ethyl adjacent to an activating group) is 1. The van der Waals surface area contributed by atoms with Crippen LogP contribution in [0.4, 0.5) is 16.2 Å². The van der Waals surface area contributed by atoms with E-state index in [4.69, 9.17) is 4.74 Å². The number of piperidine rings is 1. The fraction of sp³-hybridized carbons (Fsp3) is 0.464. The summed E-state index contributed by atoms with van der Waals surface area (Å²) in [6.45, 7) is 8.92. The van der Waals surface area contributed by atoms with Crippen LogP contribution in [0.3, 0.4) is 0 Å². The van der Waals surface area contributed by atoms with Crippen molar-refractivity contribution in [3.8, 4) is 5.75 Å². The number of anilines is 2. The van der Waals surface area contributed by atoms with E-state index < -0.39 is 5.54 Å². The molecule has 198 valence electrons. The van der Waals surface area contributed by atoms with E-state index in [1.165, 1.54) is 0 Å². The highest BCUT2D eigenvalue weighted by Gasteiger charge is 2.54. The lowest BCUT2D eigenvalue weighted by Gasteiger charge is -2.43. The Morgan fingerprint density at radius 2 is 1.62 bits per heavy atom. The predicted molar refractivity (Wildman–Crippen MR) is 144 cm³/mol. The largest absolute Gasteiger partial charge is 0.494 e. The number of carbonyl (C=O) groups excluding carboxylic acids is 3. The summed E-state index contributed by atoms with van der Waals surface area (Å²) in [7, 11) is 0. The van der Waals surface area contributed by atoms with Crippen molar-refractivity contribution in [2.75, 3.05) is 56.2 Å². The van der Waals surface area contributed by atoms with Gasteiger partial charge in [0.15, 0.2) is 0 Å². The van der Waals surface area contributed by atoms with Crippen molar-refractivity contribution in [2.24, 2.45) is 0 Å². The molecule has 0 radical (unpaired) electrons. The van der Waals surface area contributed by atoms with Crippen molar-refractivity contribution in [1.29, 1.82) is 0 Å². The third kappa shape index (κ3) is 5.50. The van der Waals surface area contributed by atoms with Crippen LogP contribution in [0, 0.1) is 0 Å². The van der Waals surface area contributed by atoms with E-state index in [0.29, 0.717) is 58.0 Å². The van der Waals surface area contributed by atoms with E-state index in [0.717, 1.165) is 11.4 Å². The second kappa shape index (κ2) is 11.5. The molecule has 1 N–H and O–H groups in total. The molecule has 0 unspecified atom stereocenters. The van der Waals surface area contributed by atoms with Crippen LogP contribution in [0.1, 0.15) is 33.6 Å². The smallest absolute Gasteiger partial charge is 0.321 e. The third-order valence-corrected chi connectivity index (χ3v) is 7.32. The molecule has 2 aliphatic rings. The Labute approximate surface area is 219 Å². The van der Waals surface area contributed by atoms with Gasteiger partial charge in [0.25, 0.3) is 5.91 Å². The van der Waals surface area contributed by atoms with Crippen LogP contribution in [0.5, 0.6) is 5.75 Å². The topological polar surface area (TPSA) is 85.4 Å². The van der Waals surface area contributed by atoms with Gasteiger partial charge < -0.3 is 29.7 Å². The maximum atomic E-state index is 13.8. The molecule has 0 bridgehead atoms. The predicted octanol–water partition coefficient (Wildman–Crippen LogP) is 3.63. The van der Waals surface area contributed by atoms with Crippen LogP contribution in [-0.4, -0.2) is 84.1 Å². The number of hydrogen-bond acceptors (Lipinski definition) is 5. The van der Waals surface area contributed by atoms with Gasteiger partial charge in [-0.3, -0.25) is 9.59 Å². The second-order valence-electron chi connectivity index (χ2n) is 9.38. The first kappa shape index (κ1) is 26.3. The molecule has 0 aromatic heterocycles. The van der Waals surface area contributed by atoms with Gasteiger partial charge in [-0.1, -0.05) is 18.2 Å². The van der Waals surface area contributed by atoms with E-state index in [1.54, 1.807) is 14.7 Å². The standard InChI is InChI=1S/C28H37N5O4/c1-4-30(5-2)25(34)20-32-21-33(23-10-8-7-9-11-23)28(26(32)35)16-18-31(19-17-28)27(36)29-22-12-14-24(15-13-22)37-6-3/h7-15H,4-6,16-21H2,1-3H3,(H,29,36). The number of urea groups is 1. The SMILES string of the molecule is CCOc1ccc(NC(=O)N2CCC3(CC2)C(=O)N(CC(=O)N(CC)CC)CN3c2ccccc2)cc1. The Bertz CT molecular complexity index is 1080. The van der Waals surface area contributed by atoms with E-state index in [-0.39, 0.29) is 24.4 Å². The lowest BCUT2D eigenvalue weighted by atomic mass is 9.85. The van der Waals surface area contributed by atoms with Gasteiger partial charge in [-0.25, -0.2) is 4.79 Å². The van der Waals surface area contributed by atoms with Crippen LogP contribution in [0.2, 0.25) is 0 Å². The Kier molecular flexibility index (Phi) is 8.21. The number of ether oxygens (including phenoxy) is 1. The van der Waals surface area contributed by atoms with E-state index in [1.807, 2.05) is 75.4 Å². The molecule has 0 saturated carbocycles. The molecule has 4 rings (SSSR count). The zero-order valence-electron chi connectivity index (χ0n) is 22.0. The van der Waals surface area contributed by atoms with Gasteiger partial charge in [0.2, 0.25) is 5.91 Å². The number of hydrogen-bond donors (Lipinski definition) is 1. The normalized spacial score (nSPS) is 16.7. The Morgan fingerprint density at radius 1 is 0.973 bits per heavy atom. The highest BCUT2D eigenvalue weighted by Crippen LogP contribution is 2.39. The Hall–Kier alpha value is -3.75. The number of carbonyl (C=O) groups is 3. The maximum Gasteiger partial charge on any atom is 0.321 e. The minimum Gasteiger partial charge on any atom is -0.494 e. The van der Waals surface area contributed by atoms with Crippen molar-refractivity contribution in [3.63, 3.8) is 0 Å². The molecule has 2 fully saturated rings. The molecule has 0 atom stereocenters. The maximum absolute atomic E-state index is 13.8. The van der Waals surface area contributed by atoms with E-state index in [2.05, 4.69) is 10.2 Å². The monoisotopic (exact) mass is 507 g/mol. The number of likely N-dealkylation sites (tertiary alicyclic amines) is 1. The average molecular weight is 508 g/mol. The van der Waals surface area contributed by atoms with Gasteiger partial charge in [-0.05, 0) is 70.0 Å². The summed E-state index contributed by atoms with van der Waals surface area (Å²) in [5.74, 6) is 0.671. The fourth-order valence-corrected chi connectivity index (χ4v) is 5.25. The molecule has 9 heteroatoms. The minimum atomic E-state index is -0.777. The van der Waals surface area contributed by atoms with Crippen LogP contribution in [0.25, 0.3) is 0 Å². The average Bonchev–Trinajstić information content (AvgIpc) is 3.17. The summed E-state index contributed by atoms with van der Waals surface area (Å²) in [5, 5.41) is 2.95. The van der Waals surface area contributed by atoms with Gasteiger partial charge in [-0.2, -0.15) is 0 Å². The van der Waals surface area contributed by atoms with Gasteiger partial charge in [0.1, 0.15) is 17.8 Å². The van der Waals surface area contributed by atoms with Crippen molar-refractivity contribution in [1.82, 2.24) is 14.7 Å². The summed E-state index contributed by atoms with van der Waals surface area (Å²) >= 11 is 0. The molecule has 2 aliphatic heterocycles. The lowest BCUT2D eigenvalue weighted by molar-refractivity contribution is -0.140. The summed E-state index contributed by atoms with van der Waals surface area (Å²) < 4.78 is 5.46. The molecular formula is C28H37N5O4. The van der Waals surface area contributed by atoms with Crippen molar-refractivity contribution in [2.45, 2.75) is 39.2 Å². The van der Waals surface area contributed by atoms with E-state index >= 15 is 0 Å². The lowest BCUT2D eigenvalue weighted by Crippen LogP contribution is -2.58. The van der Waals surface area contributed by atoms with Gasteiger partial charge in [-0.15, -0.1) is 0 Å². The zero-order valence-corrected chi connectivity index (χ0v) is 22.0. The van der Waals surface area contributed by atoms with Crippen molar-refractivity contribution in [3.05, 3.63) is 54.6 Å². The highest BCUT2D eigenvalue weighted by atomic mass is 16.5. The quantitative estimate of drug-likeness (QED) is 0.590. The van der Waals surface area contributed by atoms with Crippen molar-refractivity contribution < 1.29 is 19.1 Å². The molecule has 9 nitrogen and oxygen atoms in total. The first-order chi connectivity index (χ1) is 17.9. The Balaban J connectivity index is 1.47.